The molecule has 0 aromatic heterocycles. The Morgan fingerprint density at radius 3 is 2.11 bits per heavy atom. The molecule has 0 heterocycles. The maximum atomic E-state index is 11.8. The molecule has 0 aromatic carbocycles. The summed E-state index contributed by atoms with van der Waals surface area (Å²) in [6, 6.07) is 0. The summed E-state index contributed by atoms with van der Waals surface area (Å²) in [6.45, 7) is 2.16. The van der Waals surface area contributed by atoms with Crippen LogP contribution in [0.3, 0.4) is 0 Å². The predicted octanol–water partition coefficient (Wildman–Crippen LogP) is 5.44. The fourth-order valence-corrected chi connectivity index (χ4v) is 2.68. The average Bonchev–Trinajstić information content (AvgIpc) is 2.33. The van der Waals surface area contributed by atoms with E-state index in [1.165, 1.54) is 57.8 Å². The van der Waals surface area contributed by atoms with E-state index in [4.69, 9.17) is 0 Å². The normalized spacial score (nSPS) is 27.8. The van der Waals surface area contributed by atoms with Gasteiger partial charge in [-0.3, -0.25) is 4.79 Å². The average molecular weight is 250 g/mol. The highest BCUT2D eigenvalue weighted by Gasteiger charge is 2.06. The van der Waals surface area contributed by atoms with Gasteiger partial charge in [-0.15, -0.1) is 0 Å². The number of hydrogen-bond donors (Lipinski definition) is 0. The number of rotatable bonds is 0. The van der Waals surface area contributed by atoms with Crippen molar-refractivity contribution in [1.82, 2.24) is 0 Å². The summed E-state index contributed by atoms with van der Waals surface area (Å²) >= 11 is 0. The highest BCUT2D eigenvalue weighted by atomic mass is 16.1. The Balaban J connectivity index is 2.30. The van der Waals surface area contributed by atoms with Crippen LogP contribution in [-0.4, -0.2) is 5.78 Å². The van der Waals surface area contributed by atoms with Gasteiger partial charge in [-0.1, -0.05) is 64.0 Å². The van der Waals surface area contributed by atoms with Gasteiger partial charge >= 0.3 is 0 Å². The highest BCUT2D eigenvalue weighted by Crippen LogP contribution is 2.14. The van der Waals surface area contributed by atoms with Crippen LogP contribution < -0.4 is 0 Å². The molecule has 1 heteroatoms. The zero-order chi connectivity index (χ0) is 13.1. The van der Waals surface area contributed by atoms with Crippen molar-refractivity contribution in [2.24, 2.45) is 5.92 Å². The fraction of sp³-hybridized carbons (Fsp3) is 0.824. The van der Waals surface area contributed by atoms with E-state index in [0.29, 0.717) is 11.7 Å². The van der Waals surface area contributed by atoms with Crippen LogP contribution in [0, 0.1) is 5.92 Å². The van der Waals surface area contributed by atoms with Crippen molar-refractivity contribution in [3.63, 3.8) is 0 Å². The molecule has 0 saturated heterocycles. The first-order chi connectivity index (χ1) is 8.79. The fourth-order valence-electron chi connectivity index (χ4n) is 2.68. The number of carbonyl (C=O) groups excluding carboxylic acids is 1. The third kappa shape index (κ3) is 8.49. The van der Waals surface area contributed by atoms with E-state index in [-0.39, 0.29) is 0 Å². The van der Waals surface area contributed by atoms with Crippen LogP contribution in [-0.2, 0) is 4.79 Å². The minimum Gasteiger partial charge on any atom is -0.300 e. The molecule has 0 fully saturated rings. The van der Waals surface area contributed by atoms with Gasteiger partial charge in [-0.25, -0.2) is 0 Å². The molecule has 1 unspecified atom stereocenters. The summed E-state index contributed by atoms with van der Waals surface area (Å²) in [6.07, 6.45) is 19.2. The number of ketones is 1. The van der Waals surface area contributed by atoms with Gasteiger partial charge in [0.05, 0.1) is 0 Å². The van der Waals surface area contributed by atoms with Crippen molar-refractivity contribution >= 4 is 5.78 Å². The summed E-state index contributed by atoms with van der Waals surface area (Å²) in [7, 11) is 0. The van der Waals surface area contributed by atoms with Crippen LogP contribution in [0.5, 0.6) is 0 Å². The summed E-state index contributed by atoms with van der Waals surface area (Å²) in [4.78, 5) is 11.8. The van der Waals surface area contributed by atoms with Gasteiger partial charge in [0.25, 0.3) is 0 Å². The molecule has 104 valence electrons. The van der Waals surface area contributed by atoms with Crippen LogP contribution in [0.1, 0.15) is 84.0 Å². The van der Waals surface area contributed by atoms with Crippen molar-refractivity contribution in [2.75, 3.05) is 0 Å². The van der Waals surface area contributed by atoms with Crippen molar-refractivity contribution in [3.8, 4) is 0 Å². The third-order valence-corrected chi connectivity index (χ3v) is 3.84. The molecule has 1 atom stereocenters. The maximum Gasteiger partial charge on any atom is 0.133 e. The van der Waals surface area contributed by atoms with Gasteiger partial charge in [-0.05, 0) is 25.2 Å². The van der Waals surface area contributed by atoms with Crippen LogP contribution in [0.25, 0.3) is 0 Å². The second-order valence-electron chi connectivity index (χ2n) is 5.87. The Morgan fingerprint density at radius 1 is 0.889 bits per heavy atom. The van der Waals surface area contributed by atoms with Gasteiger partial charge in [0.1, 0.15) is 5.78 Å². The molecule has 1 aliphatic rings. The van der Waals surface area contributed by atoms with Crippen molar-refractivity contribution in [1.29, 1.82) is 0 Å². The molecule has 1 rings (SSSR count). The van der Waals surface area contributed by atoms with Crippen LogP contribution in [0.4, 0.5) is 0 Å². The van der Waals surface area contributed by atoms with Gasteiger partial charge in [-0.2, -0.15) is 0 Å². The van der Waals surface area contributed by atoms with Crippen molar-refractivity contribution in [2.45, 2.75) is 84.0 Å². The van der Waals surface area contributed by atoms with Crippen molar-refractivity contribution < 1.29 is 4.79 Å². The largest absolute Gasteiger partial charge is 0.300 e. The molecule has 1 nitrogen and oxygen atoms in total. The Labute approximate surface area is 113 Å². The quantitative estimate of drug-likeness (QED) is 0.523. The van der Waals surface area contributed by atoms with E-state index in [0.717, 1.165) is 19.3 Å². The number of hydrogen-bond acceptors (Lipinski definition) is 1. The number of allylic oxidation sites excluding steroid dienone is 2. The molecule has 0 amide bonds. The Kier molecular flexibility index (Phi) is 8.89. The molecule has 18 heavy (non-hydrogen) atoms. The van der Waals surface area contributed by atoms with E-state index in [9.17, 15) is 4.79 Å². The summed E-state index contributed by atoms with van der Waals surface area (Å²) in [5.41, 5.74) is 0. The molecular formula is C17H30O. The minimum absolute atomic E-state index is 0.436. The third-order valence-electron chi connectivity index (χ3n) is 3.84. The summed E-state index contributed by atoms with van der Waals surface area (Å²) < 4.78 is 0. The first-order valence-electron chi connectivity index (χ1n) is 7.97. The standard InChI is InChI=1S/C17H30O/c1-16-13-11-9-7-5-3-2-4-6-8-10-12-14-17(18)15-16/h11,13,16H,2-10,12,14-15H2,1H3/b13-11-. The maximum absolute atomic E-state index is 11.8. The Hall–Kier alpha value is -0.590. The first-order valence-corrected chi connectivity index (χ1v) is 7.97. The minimum atomic E-state index is 0.436. The van der Waals surface area contributed by atoms with Crippen LogP contribution >= 0.6 is 0 Å². The lowest BCUT2D eigenvalue weighted by Crippen LogP contribution is -2.03. The van der Waals surface area contributed by atoms with E-state index < -0.39 is 0 Å². The molecular weight excluding hydrogens is 220 g/mol. The second-order valence-corrected chi connectivity index (χ2v) is 5.87. The molecule has 0 saturated carbocycles. The Bertz CT molecular complexity index is 242. The number of carbonyl (C=O) groups is 1. The molecule has 0 radical (unpaired) electrons. The van der Waals surface area contributed by atoms with Crippen LogP contribution in [0.2, 0.25) is 0 Å². The van der Waals surface area contributed by atoms with Crippen molar-refractivity contribution in [3.05, 3.63) is 12.2 Å². The lowest BCUT2D eigenvalue weighted by molar-refractivity contribution is -0.119. The molecule has 1 aliphatic carbocycles. The predicted molar refractivity (Wildman–Crippen MR) is 78.7 cm³/mol. The highest BCUT2D eigenvalue weighted by molar-refractivity contribution is 5.78. The van der Waals surface area contributed by atoms with Crippen LogP contribution in [0.15, 0.2) is 12.2 Å². The van der Waals surface area contributed by atoms with E-state index in [1.807, 2.05) is 0 Å². The van der Waals surface area contributed by atoms with E-state index in [1.54, 1.807) is 0 Å². The van der Waals surface area contributed by atoms with E-state index in [2.05, 4.69) is 19.1 Å². The topological polar surface area (TPSA) is 17.1 Å². The monoisotopic (exact) mass is 250 g/mol. The summed E-state index contributed by atoms with van der Waals surface area (Å²) in [5.74, 6) is 0.893. The first kappa shape index (κ1) is 15.5. The molecule has 0 aliphatic heterocycles. The lowest BCUT2D eigenvalue weighted by atomic mass is 9.98. The lowest BCUT2D eigenvalue weighted by Gasteiger charge is -2.07. The SMILES string of the molecule is CC1/C=C\CCCCCCCCCCCC(=O)C1. The van der Waals surface area contributed by atoms with Gasteiger partial charge in [0.15, 0.2) is 0 Å². The molecule has 0 aromatic rings. The van der Waals surface area contributed by atoms with Gasteiger partial charge in [0, 0.05) is 12.8 Å². The van der Waals surface area contributed by atoms with Gasteiger partial charge < -0.3 is 0 Å². The van der Waals surface area contributed by atoms with Gasteiger partial charge in [0.2, 0.25) is 0 Å². The zero-order valence-electron chi connectivity index (χ0n) is 12.1. The van der Waals surface area contributed by atoms with E-state index >= 15 is 0 Å². The Morgan fingerprint density at radius 2 is 1.44 bits per heavy atom. The second kappa shape index (κ2) is 10.3. The molecule has 0 N–H and O–H groups in total. The summed E-state index contributed by atoms with van der Waals surface area (Å²) in [5, 5.41) is 0. The molecule has 0 bridgehead atoms. The number of Topliss-reactive ketones (excluding diaryl/α,β-unsaturated/α-hetero) is 1. The molecule has 0 spiro atoms. The smallest absolute Gasteiger partial charge is 0.133 e. The zero-order valence-corrected chi connectivity index (χ0v) is 12.1.